The molecule has 5 nitrogen and oxygen atoms in total. The van der Waals surface area contributed by atoms with Gasteiger partial charge in [0.25, 0.3) is 0 Å². The third kappa shape index (κ3) is 4.64. The summed E-state index contributed by atoms with van der Waals surface area (Å²) in [4.78, 5) is 11.9. The Kier molecular flexibility index (Phi) is 5.71. The molecule has 5 heteroatoms. The number of nitrogens with one attached hydrogen (secondary N) is 1. The van der Waals surface area contributed by atoms with Crippen LogP contribution in [0, 0.1) is 13.8 Å². The second-order valence-corrected chi connectivity index (χ2v) is 6.17. The van der Waals surface area contributed by atoms with Crippen LogP contribution in [-0.2, 0) is 4.74 Å². The molecule has 0 aliphatic heterocycles. The topological polar surface area (TPSA) is 63.8 Å². The first-order chi connectivity index (χ1) is 13.1. The molecule has 0 atom stereocenters. The van der Waals surface area contributed by atoms with E-state index in [0.29, 0.717) is 23.7 Å². The largest absolute Gasteiger partial charge is 0.462 e. The van der Waals surface area contributed by atoms with Gasteiger partial charge >= 0.3 is 5.97 Å². The van der Waals surface area contributed by atoms with E-state index < -0.39 is 0 Å². The summed E-state index contributed by atoms with van der Waals surface area (Å²) >= 11 is 0. The molecule has 2 aromatic carbocycles. The predicted octanol–water partition coefficient (Wildman–Crippen LogP) is 5.19. The second kappa shape index (κ2) is 8.36. The fourth-order valence-corrected chi connectivity index (χ4v) is 2.57. The maximum absolute atomic E-state index is 11.9. The summed E-state index contributed by atoms with van der Waals surface area (Å²) in [6.07, 6.45) is 1.62. The highest BCUT2D eigenvalue weighted by molar-refractivity contribution is 5.91. The van der Waals surface area contributed by atoms with Crippen molar-refractivity contribution in [1.82, 2.24) is 0 Å². The number of benzene rings is 2. The summed E-state index contributed by atoms with van der Waals surface area (Å²) in [6, 6.07) is 16.9. The molecule has 0 aliphatic rings. The molecule has 3 rings (SSSR count). The van der Waals surface area contributed by atoms with Crippen molar-refractivity contribution in [1.29, 1.82) is 0 Å². The molecule has 0 bridgehead atoms. The highest BCUT2D eigenvalue weighted by Gasteiger charge is 2.09. The van der Waals surface area contributed by atoms with Crippen LogP contribution in [0.5, 0.6) is 0 Å². The minimum atomic E-state index is -0.342. The Morgan fingerprint density at radius 3 is 2.74 bits per heavy atom. The number of carbonyl (C=O) groups excluding carboxylic acids is 1. The zero-order chi connectivity index (χ0) is 19.2. The van der Waals surface area contributed by atoms with Gasteiger partial charge in [-0.25, -0.2) is 4.79 Å². The van der Waals surface area contributed by atoms with Crippen LogP contribution < -0.4 is 5.43 Å². The van der Waals surface area contributed by atoms with Crippen molar-refractivity contribution in [3.63, 3.8) is 0 Å². The average molecular weight is 362 g/mol. The molecule has 0 amide bonds. The zero-order valence-electron chi connectivity index (χ0n) is 15.7. The van der Waals surface area contributed by atoms with Gasteiger partial charge in [0, 0.05) is 5.56 Å². The third-order valence-electron chi connectivity index (χ3n) is 4.18. The van der Waals surface area contributed by atoms with Crippen molar-refractivity contribution in [3.05, 3.63) is 77.0 Å². The summed E-state index contributed by atoms with van der Waals surface area (Å²) in [5.74, 6) is 0.932. The van der Waals surface area contributed by atoms with Crippen molar-refractivity contribution < 1.29 is 13.9 Å². The number of ether oxygens (including phenoxy) is 1. The van der Waals surface area contributed by atoms with E-state index in [1.54, 1.807) is 31.3 Å². The van der Waals surface area contributed by atoms with Gasteiger partial charge in [-0.2, -0.15) is 5.10 Å². The second-order valence-electron chi connectivity index (χ2n) is 6.17. The highest BCUT2D eigenvalue weighted by Crippen LogP contribution is 2.23. The first-order valence-electron chi connectivity index (χ1n) is 8.80. The molecule has 1 heterocycles. The van der Waals surface area contributed by atoms with Crippen LogP contribution in [0.1, 0.15) is 34.2 Å². The molecular formula is C22H22N2O3. The van der Waals surface area contributed by atoms with Gasteiger partial charge in [0.2, 0.25) is 0 Å². The highest BCUT2D eigenvalue weighted by atomic mass is 16.5. The van der Waals surface area contributed by atoms with E-state index in [-0.39, 0.29) is 5.97 Å². The number of furan rings is 1. The van der Waals surface area contributed by atoms with Crippen LogP contribution in [0.3, 0.4) is 0 Å². The van der Waals surface area contributed by atoms with Crippen LogP contribution in [0.25, 0.3) is 11.3 Å². The van der Waals surface area contributed by atoms with E-state index in [4.69, 9.17) is 9.15 Å². The molecule has 0 unspecified atom stereocenters. The zero-order valence-corrected chi connectivity index (χ0v) is 15.7. The Morgan fingerprint density at radius 1 is 1.11 bits per heavy atom. The lowest BCUT2D eigenvalue weighted by Gasteiger charge is -2.04. The Hall–Kier alpha value is -3.34. The van der Waals surface area contributed by atoms with Gasteiger partial charge in [-0.15, -0.1) is 0 Å². The SMILES string of the molecule is CCOC(=O)c1cccc(-c2ccc(/C=N/Nc3ccc(C)c(C)c3)o2)c1. The van der Waals surface area contributed by atoms with E-state index >= 15 is 0 Å². The van der Waals surface area contributed by atoms with Crippen molar-refractivity contribution in [2.45, 2.75) is 20.8 Å². The number of anilines is 1. The summed E-state index contributed by atoms with van der Waals surface area (Å²) in [6.45, 7) is 6.26. The molecule has 0 spiro atoms. The molecule has 27 heavy (non-hydrogen) atoms. The van der Waals surface area contributed by atoms with Crippen molar-refractivity contribution >= 4 is 17.9 Å². The lowest BCUT2D eigenvalue weighted by Crippen LogP contribution is -2.04. The molecule has 0 radical (unpaired) electrons. The molecule has 0 aliphatic carbocycles. The number of hydrazone groups is 1. The Labute approximate surface area is 158 Å². The van der Waals surface area contributed by atoms with Crippen LogP contribution in [0.2, 0.25) is 0 Å². The van der Waals surface area contributed by atoms with Crippen molar-refractivity contribution in [3.8, 4) is 11.3 Å². The van der Waals surface area contributed by atoms with Crippen LogP contribution in [0.4, 0.5) is 5.69 Å². The molecular weight excluding hydrogens is 340 g/mol. The molecule has 0 saturated carbocycles. The third-order valence-corrected chi connectivity index (χ3v) is 4.18. The minimum absolute atomic E-state index is 0.342. The van der Waals surface area contributed by atoms with Gasteiger partial charge < -0.3 is 9.15 Å². The monoisotopic (exact) mass is 362 g/mol. The summed E-state index contributed by atoms with van der Waals surface area (Å²) in [7, 11) is 0. The first kappa shape index (κ1) is 18.5. The molecule has 3 aromatic rings. The van der Waals surface area contributed by atoms with E-state index in [1.807, 2.05) is 30.3 Å². The van der Waals surface area contributed by atoms with Gasteiger partial charge in [-0.3, -0.25) is 5.43 Å². The van der Waals surface area contributed by atoms with Crippen molar-refractivity contribution in [2.75, 3.05) is 12.0 Å². The number of aryl methyl sites for hydroxylation is 2. The van der Waals surface area contributed by atoms with Gasteiger partial charge in [0.05, 0.1) is 24.1 Å². The molecule has 1 N–H and O–H groups in total. The molecule has 1 aromatic heterocycles. The molecule has 0 saturated heterocycles. The standard InChI is InChI=1S/C22H22N2O3/c1-4-26-22(25)18-7-5-6-17(13-18)21-11-10-20(27-21)14-23-24-19-9-8-15(2)16(3)12-19/h5-14,24H,4H2,1-3H3/b23-14+. The normalized spacial score (nSPS) is 10.9. The summed E-state index contributed by atoms with van der Waals surface area (Å²) in [5.41, 5.74) is 7.67. The van der Waals surface area contributed by atoms with Crippen LogP contribution >= 0.6 is 0 Å². The Bertz CT molecular complexity index is 973. The van der Waals surface area contributed by atoms with Gasteiger partial charge in [-0.1, -0.05) is 18.2 Å². The van der Waals surface area contributed by atoms with Crippen LogP contribution in [-0.4, -0.2) is 18.8 Å². The lowest BCUT2D eigenvalue weighted by atomic mass is 10.1. The maximum Gasteiger partial charge on any atom is 0.338 e. The Balaban J connectivity index is 1.70. The van der Waals surface area contributed by atoms with Gasteiger partial charge in [0.1, 0.15) is 11.5 Å². The molecule has 0 fully saturated rings. The number of rotatable bonds is 6. The number of carbonyl (C=O) groups is 1. The number of nitrogens with zero attached hydrogens (tertiary/aromatic N) is 1. The average Bonchev–Trinajstić information content (AvgIpc) is 3.14. The van der Waals surface area contributed by atoms with E-state index in [1.165, 1.54) is 11.1 Å². The van der Waals surface area contributed by atoms with Gasteiger partial charge in [-0.05, 0) is 68.3 Å². The van der Waals surface area contributed by atoms with E-state index in [2.05, 4.69) is 30.4 Å². The number of hydrogen-bond donors (Lipinski definition) is 1. The summed E-state index contributed by atoms with van der Waals surface area (Å²) < 4.78 is 10.8. The number of hydrogen-bond acceptors (Lipinski definition) is 5. The van der Waals surface area contributed by atoms with Crippen molar-refractivity contribution in [2.24, 2.45) is 5.10 Å². The first-order valence-corrected chi connectivity index (χ1v) is 8.80. The quantitative estimate of drug-likeness (QED) is 0.372. The maximum atomic E-state index is 11.9. The lowest BCUT2D eigenvalue weighted by molar-refractivity contribution is 0.0526. The number of esters is 1. The Morgan fingerprint density at radius 2 is 1.96 bits per heavy atom. The molecule has 138 valence electrons. The predicted molar refractivity (Wildman–Crippen MR) is 107 cm³/mol. The van der Waals surface area contributed by atoms with E-state index in [0.717, 1.165) is 11.3 Å². The van der Waals surface area contributed by atoms with E-state index in [9.17, 15) is 4.79 Å². The fourth-order valence-electron chi connectivity index (χ4n) is 2.57. The smallest absolute Gasteiger partial charge is 0.338 e. The van der Waals surface area contributed by atoms with Gasteiger partial charge in [0.15, 0.2) is 0 Å². The van der Waals surface area contributed by atoms with Crippen LogP contribution in [0.15, 0.2) is 64.1 Å². The fraction of sp³-hybridized carbons (Fsp3) is 0.182. The summed E-state index contributed by atoms with van der Waals surface area (Å²) in [5, 5.41) is 4.22. The minimum Gasteiger partial charge on any atom is -0.462 e.